The van der Waals surface area contributed by atoms with Crippen LogP contribution in [0.3, 0.4) is 0 Å². The van der Waals surface area contributed by atoms with Crippen molar-refractivity contribution in [1.82, 2.24) is 9.62 Å². The summed E-state index contributed by atoms with van der Waals surface area (Å²) in [6.45, 7) is 0.433. The molecule has 1 amide bonds. The molecule has 190 valence electrons. The SMILES string of the molecule is O=C1NCCCCC1N(C(CS(=O)(=O)c1ccccc1)c1ccccc1)S(=O)(=O)c1ccc(Cl)cc1. The summed E-state index contributed by atoms with van der Waals surface area (Å²) in [6.07, 6.45) is 1.59. The van der Waals surface area contributed by atoms with Gasteiger partial charge in [-0.15, -0.1) is 0 Å². The summed E-state index contributed by atoms with van der Waals surface area (Å²) in [7, 11) is -8.25. The fourth-order valence-corrected chi connectivity index (χ4v) is 7.91. The molecule has 2 atom stereocenters. The molecule has 2 unspecified atom stereocenters. The lowest BCUT2D eigenvalue weighted by molar-refractivity contribution is -0.125. The molecule has 1 aliphatic rings. The lowest BCUT2D eigenvalue weighted by atomic mass is 10.0. The van der Waals surface area contributed by atoms with E-state index in [1.165, 1.54) is 36.4 Å². The van der Waals surface area contributed by atoms with Gasteiger partial charge in [-0.05, 0) is 61.2 Å². The van der Waals surface area contributed by atoms with Gasteiger partial charge in [0.05, 0.1) is 21.6 Å². The molecule has 0 bridgehead atoms. The van der Waals surface area contributed by atoms with Gasteiger partial charge < -0.3 is 5.32 Å². The molecular formula is C26H27ClN2O5S2. The van der Waals surface area contributed by atoms with E-state index in [4.69, 9.17) is 11.6 Å². The highest BCUT2D eigenvalue weighted by atomic mass is 35.5. The predicted octanol–water partition coefficient (Wildman–Crippen LogP) is 4.21. The molecule has 4 rings (SSSR count). The van der Waals surface area contributed by atoms with E-state index in [0.717, 1.165) is 4.31 Å². The first-order valence-corrected chi connectivity index (χ1v) is 15.1. The maximum atomic E-state index is 14.1. The normalized spacial score (nSPS) is 17.8. The average Bonchev–Trinajstić information content (AvgIpc) is 3.09. The first-order valence-electron chi connectivity index (χ1n) is 11.6. The van der Waals surface area contributed by atoms with Crippen molar-refractivity contribution in [2.75, 3.05) is 12.3 Å². The minimum Gasteiger partial charge on any atom is -0.355 e. The summed E-state index contributed by atoms with van der Waals surface area (Å²) in [6, 6.07) is 19.9. The molecule has 0 saturated carbocycles. The molecule has 0 aliphatic carbocycles. The largest absolute Gasteiger partial charge is 0.355 e. The van der Waals surface area contributed by atoms with Crippen LogP contribution in [0.4, 0.5) is 0 Å². The predicted molar refractivity (Wildman–Crippen MR) is 139 cm³/mol. The van der Waals surface area contributed by atoms with Crippen LogP contribution in [0, 0.1) is 0 Å². The molecular weight excluding hydrogens is 520 g/mol. The Morgan fingerprint density at radius 2 is 1.44 bits per heavy atom. The zero-order chi connectivity index (χ0) is 25.8. The van der Waals surface area contributed by atoms with Crippen LogP contribution in [-0.2, 0) is 24.7 Å². The first-order chi connectivity index (χ1) is 17.2. The summed E-state index contributed by atoms with van der Waals surface area (Å²) in [5.74, 6) is -0.972. The van der Waals surface area contributed by atoms with Crippen LogP contribution in [0.15, 0.2) is 94.7 Å². The number of carbonyl (C=O) groups is 1. The van der Waals surface area contributed by atoms with Crippen LogP contribution in [0.2, 0.25) is 5.02 Å². The molecule has 0 radical (unpaired) electrons. The van der Waals surface area contributed by atoms with Crippen molar-refractivity contribution in [1.29, 1.82) is 0 Å². The zero-order valence-electron chi connectivity index (χ0n) is 19.5. The monoisotopic (exact) mass is 546 g/mol. The molecule has 7 nitrogen and oxygen atoms in total. The second kappa shape index (κ2) is 11.1. The molecule has 3 aromatic carbocycles. The number of hydrogen-bond donors (Lipinski definition) is 1. The van der Waals surface area contributed by atoms with Crippen molar-refractivity contribution in [2.24, 2.45) is 0 Å². The van der Waals surface area contributed by atoms with Gasteiger partial charge in [0.1, 0.15) is 6.04 Å². The fraction of sp³-hybridized carbons (Fsp3) is 0.269. The molecule has 1 fully saturated rings. The summed E-state index contributed by atoms with van der Waals surface area (Å²) < 4.78 is 56.4. The van der Waals surface area contributed by atoms with E-state index < -0.39 is 43.6 Å². The van der Waals surface area contributed by atoms with Crippen molar-refractivity contribution >= 4 is 37.4 Å². The van der Waals surface area contributed by atoms with Gasteiger partial charge in [0, 0.05) is 11.6 Å². The van der Waals surface area contributed by atoms with E-state index in [2.05, 4.69) is 5.32 Å². The number of halogens is 1. The number of amides is 1. The smallest absolute Gasteiger partial charge is 0.244 e. The van der Waals surface area contributed by atoms with E-state index in [1.807, 2.05) is 0 Å². The molecule has 1 N–H and O–H groups in total. The Kier molecular flexibility index (Phi) is 8.14. The van der Waals surface area contributed by atoms with Crippen LogP contribution in [0.5, 0.6) is 0 Å². The molecule has 0 aromatic heterocycles. The zero-order valence-corrected chi connectivity index (χ0v) is 21.8. The summed E-state index contributed by atoms with van der Waals surface area (Å²) in [5.41, 5.74) is 0.478. The number of sulfone groups is 1. The maximum Gasteiger partial charge on any atom is 0.244 e. The van der Waals surface area contributed by atoms with Crippen molar-refractivity contribution in [3.05, 3.63) is 95.5 Å². The average molecular weight is 547 g/mol. The lowest BCUT2D eigenvalue weighted by Crippen LogP contribution is -2.51. The Balaban J connectivity index is 1.90. The lowest BCUT2D eigenvalue weighted by Gasteiger charge is -2.36. The van der Waals surface area contributed by atoms with Gasteiger partial charge in [-0.2, -0.15) is 4.31 Å². The second-order valence-corrected chi connectivity index (χ2v) is 12.9. The van der Waals surface area contributed by atoms with Gasteiger partial charge in [-0.25, -0.2) is 16.8 Å². The van der Waals surface area contributed by atoms with Crippen LogP contribution in [-0.4, -0.2) is 45.4 Å². The Morgan fingerprint density at radius 3 is 2.08 bits per heavy atom. The molecule has 3 aromatic rings. The first kappa shape index (κ1) is 26.3. The third-order valence-corrected chi connectivity index (χ3v) is 10.1. The second-order valence-electron chi connectivity index (χ2n) is 8.61. The fourth-order valence-electron chi connectivity index (χ4n) is 4.37. The maximum absolute atomic E-state index is 14.1. The summed E-state index contributed by atoms with van der Waals surface area (Å²) in [5, 5.41) is 3.15. The van der Waals surface area contributed by atoms with Gasteiger partial charge in [-0.3, -0.25) is 4.79 Å². The topological polar surface area (TPSA) is 101 Å². The number of nitrogens with zero attached hydrogens (tertiary/aromatic N) is 1. The number of rotatable bonds is 8. The minimum absolute atomic E-state index is 0.0676. The number of sulfonamides is 1. The Hall–Kier alpha value is -2.72. The number of carbonyl (C=O) groups excluding carboxylic acids is 1. The van der Waals surface area contributed by atoms with Crippen molar-refractivity contribution in [2.45, 2.75) is 41.1 Å². The van der Waals surface area contributed by atoms with Crippen LogP contribution >= 0.6 is 11.6 Å². The highest BCUT2D eigenvalue weighted by molar-refractivity contribution is 7.91. The highest BCUT2D eigenvalue weighted by Crippen LogP contribution is 2.35. The number of benzene rings is 3. The number of nitrogens with one attached hydrogen (secondary N) is 1. The third kappa shape index (κ3) is 5.81. The van der Waals surface area contributed by atoms with Crippen LogP contribution in [0.25, 0.3) is 0 Å². The van der Waals surface area contributed by atoms with E-state index >= 15 is 0 Å². The minimum atomic E-state index is -4.32. The Bertz CT molecular complexity index is 1400. The van der Waals surface area contributed by atoms with E-state index in [1.54, 1.807) is 48.5 Å². The van der Waals surface area contributed by atoms with Gasteiger partial charge in [-0.1, -0.05) is 60.1 Å². The van der Waals surface area contributed by atoms with Gasteiger partial charge in [0.25, 0.3) is 0 Å². The molecule has 0 spiro atoms. The molecule has 10 heteroatoms. The molecule has 36 heavy (non-hydrogen) atoms. The van der Waals surface area contributed by atoms with Crippen LogP contribution in [0.1, 0.15) is 30.9 Å². The van der Waals surface area contributed by atoms with E-state index in [0.29, 0.717) is 30.0 Å². The highest BCUT2D eigenvalue weighted by Gasteiger charge is 2.43. The van der Waals surface area contributed by atoms with Gasteiger partial charge in [0.2, 0.25) is 15.9 Å². The van der Waals surface area contributed by atoms with E-state index in [-0.39, 0.29) is 16.2 Å². The van der Waals surface area contributed by atoms with Crippen molar-refractivity contribution in [3.63, 3.8) is 0 Å². The van der Waals surface area contributed by atoms with Crippen LogP contribution < -0.4 is 5.32 Å². The standard InChI is InChI=1S/C26H27ClN2O5S2/c27-21-14-16-23(17-15-21)36(33,34)29(24-13-7-8-18-28-26(24)30)25(20-9-3-1-4-10-20)19-35(31,32)22-11-5-2-6-12-22/h1-6,9-12,14-17,24-25H,7-8,13,18-19H2,(H,28,30). The molecule has 1 aliphatic heterocycles. The quantitative estimate of drug-likeness (QED) is 0.456. The Labute approximate surface area is 217 Å². The Morgan fingerprint density at radius 1 is 0.833 bits per heavy atom. The number of hydrogen-bond acceptors (Lipinski definition) is 5. The van der Waals surface area contributed by atoms with Gasteiger partial charge in [0.15, 0.2) is 9.84 Å². The van der Waals surface area contributed by atoms with E-state index in [9.17, 15) is 21.6 Å². The third-order valence-electron chi connectivity index (χ3n) is 6.17. The molecule has 1 heterocycles. The summed E-state index contributed by atoms with van der Waals surface area (Å²) >= 11 is 6.00. The molecule has 1 saturated heterocycles. The van der Waals surface area contributed by atoms with Crippen molar-refractivity contribution < 1.29 is 21.6 Å². The summed E-state index contributed by atoms with van der Waals surface area (Å²) in [4.78, 5) is 13.2. The van der Waals surface area contributed by atoms with Gasteiger partial charge >= 0.3 is 0 Å². The van der Waals surface area contributed by atoms with Crippen molar-refractivity contribution in [3.8, 4) is 0 Å².